The number of rotatable bonds is 4. The second-order valence-electron chi connectivity index (χ2n) is 5.86. The Labute approximate surface area is 114 Å². The third-order valence-electron chi connectivity index (χ3n) is 4.17. The molecule has 2 aliphatic carbocycles. The zero-order chi connectivity index (χ0) is 13.2. The van der Waals surface area contributed by atoms with E-state index >= 15 is 0 Å². The van der Waals surface area contributed by atoms with Crippen LogP contribution in [0.1, 0.15) is 39.0 Å². The van der Waals surface area contributed by atoms with Crippen LogP contribution in [0.3, 0.4) is 0 Å². The minimum Gasteiger partial charge on any atom is -0.490 e. The first-order valence-electron chi connectivity index (χ1n) is 7.30. The van der Waals surface area contributed by atoms with Crippen LogP contribution in [0.5, 0.6) is 5.75 Å². The van der Waals surface area contributed by atoms with E-state index in [0.717, 1.165) is 30.7 Å². The third-order valence-corrected chi connectivity index (χ3v) is 4.17. The van der Waals surface area contributed by atoms with Crippen molar-refractivity contribution in [3.05, 3.63) is 24.3 Å². The van der Waals surface area contributed by atoms with Gasteiger partial charge in [0.15, 0.2) is 0 Å². The Bertz CT molecular complexity index is 448. The number of hydrogen-bond acceptors (Lipinski definition) is 2. The molecule has 1 aromatic carbocycles. The number of carbonyl (C=O) groups excluding carboxylic acids is 1. The number of amides is 1. The Kier molecular flexibility index (Phi) is 3.45. The largest absolute Gasteiger partial charge is 0.490 e. The van der Waals surface area contributed by atoms with E-state index in [4.69, 9.17) is 4.74 Å². The molecule has 2 aliphatic rings. The van der Waals surface area contributed by atoms with Crippen LogP contribution in [0, 0.1) is 11.8 Å². The summed E-state index contributed by atoms with van der Waals surface area (Å²) in [5, 5.41) is 2.96. The first-order valence-corrected chi connectivity index (χ1v) is 7.30. The van der Waals surface area contributed by atoms with Crippen molar-refractivity contribution < 1.29 is 9.53 Å². The van der Waals surface area contributed by atoms with E-state index in [9.17, 15) is 4.79 Å². The summed E-state index contributed by atoms with van der Waals surface area (Å²) in [5.41, 5.74) is 0.864. The average Bonchev–Trinajstić information content (AvgIpc) is 2.92. The van der Waals surface area contributed by atoms with Crippen LogP contribution < -0.4 is 10.1 Å². The van der Waals surface area contributed by atoms with E-state index < -0.39 is 0 Å². The Morgan fingerprint density at radius 2 is 1.84 bits per heavy atom. The van der Waals surface area contributed by atoms with Crippen molar-refractivity contribution in [2.24, 2.45) is 11.8 Å². The first kappa shape index (κ1) is 12.5. The van der Waals surface area contributed by atoms with Crippen molar-refractivity contribution in [2.75, 3.05) is 5.32 Å². The van der Waals surface area contributed by atoms with Crippen molar-refractivity contribution in [3.63, 3.8) is 0 Å². The van der Waals surface area contributed by atoms with E-state index in [2.05, 4.69) is 12.2 Å². The molecule has 0 aromatic heterocycles. The molecule has 102 valence electrons. The molecular formula is C16H21NO2. The summed E-state index contributed by atoms with van der Waals surface area (Å²) < 4.78 is 5.90. The molecular weight excluding hydrogens is 238 g/mol. The smallest absolute Gasteiger partial charge is 0.227 e. The predicted octanol–water partition coefficient (Wildman–Crippen LogP) is 3.60. The molecule has 3 rings (SSSR count). The van der Waals surface area contributed by atoms with Crippen LogP contribution >= 0.6 is 0 Å². The van der Waals surface area contributed by atoms with E-state index in [-0.39, 0.29) is 11.8 Å². The standard InChI is InChI=1S/C16H21NO2/c1-11-10-15(11)16(18)17-12-6-8-14(9-7-12)19-13-4-2-3-5-13/h6-9,11,13,15H,2-5,10H2,1H3,(H,17,18)/t11-,15+/m1/s1. The fourth-order valence-corrected chi connectivity index (χ4v) is 2.74. The molecule has 2 fully saturated rings. The number of anilines is 1. The van der Waals surface area contributed by atoms with Gasteiger partial charge in [-0.1, -0.05) is 6.92 Å². The summed E-state index contributed by atoms with van der Waals surface area (Å²) in [6.45, 7) is 2.11. The van der Waals surface area contributed by atoms with Gasteiger partial charge < -0.3 is 10.1 Å². The van der Waals surface area contributed by atoms with Gasteiger partial charge in [0.1, 0.15) is 5.75 Å². The van der Waals surface area contributed by atoms with Gasteiger partial charge in [0, 0.05) is 11.6 Å². The van der Waals surface area contributed by atoms with Crippen LogP contribution in [-0.2, 0) is 4.79 Å². The van der Waals surface area contributed by atoms with E-state index in [0.29, 0.717) is 12.0 Å². The van der Waals surface area contributed by atoms with Crippen LogP contribution in [0.15, 0.2) is 24.3 Å². The lowest BCUT2D eigenvalue weighted by Gasteiger charge is -2.13. The van der Waals surface area contributed by atoms with Gasteiger partial charge >= 0.3 is 0 Å². The first-order chi connectivity index (χ1) is 9.22. The fraction of sp³-hybridized carbons (Fsp3) is 0.562. The summed E-state index contributed by atoms with van der Waals surface area (Å²) in [6.07, 6.45) is 6.29. The molecule has 19 heavy (non-hydrogen) atoms. The minimum absolute atomic E-state index is 0.150. The molecule has 0 heterocycles. The monoisotopic (exact) mass is 259 g/mol. The van der Waals surface area contributed by atoms with Crippen LogP contribution in [0.2, 0.25) is 0 Å². The molecule has 1 amide bonds. The maximum absolute atomic E-state index is 11.8. The third kappa shape index (κ3) is 3.09. The maximum Gasteiger partial charge on any atom is 0.227 e. The van der Waals surface area contributed by atoms with Gasteiger partial charge in [-0.05, 0) is 62.3 Å². The molecule has 0 unspecified atom stereocenters. The highest BCUT2D eigenvalue weighted by molar-refractivity contribution is 5.94. The molecule has 0 radical (unpaired) electrons. The summed E-state index contributed by atoms with van der Waals surface area (Å²) in [6, 6.07) is 7.75. The van der Waals surface area contributed by atoms with E-state index in [1.807, 2.05) is 24.3 Å². The topological polar surface area (TPSA) is 38.3 Å². The second-order valence-corrected chi connectivity index (χ2v) is 5.86. The van der Waals surface area contributed by atoms with Crippen molar-refractivity contribution in [2.45, 2.75) is 45.1 Å². The van der Waals surface area contributed by atoms with Gasteiger partial charge in [-0.2, -0.15) is 0 Å². The van der Waals surface area contributed by atoms with Gasteiger partial charge in [-0.25, -0.2) is 0 Å². The highest BCUT2D eigenvalue weighted by atomic mass is 16.5. The summed E-state index contributed by atoms with van der Waals surface area (Å²) in [5.74, 6) is 1.82. The second kappa shape index (κ2) is 5.24. The molecule has 0 aliphatic heterocycles. The lowest BCUT2D eigenvalue weighted by molar-refractivity contribution is -0.117. The zero-order valence-corrected chi connectivity index (χ0v) is 11.4. The van der Waals surface area contributed by atoms with Gasteiger partial charge in [0.2, 0.25) is 5.91 Å². The van der Waals surface area contributed by atoms with E-state index in [1.165, 1.54) is 12.8 Å². The van der Waals surface area contributed by atoms with Crippen molar-refractivity contribution in [1.82, 2.24) is 0 Å². The predicted molar refractivity (Wildman–Crippen MR) is 75.2 cm³/mol. The molecule has 0 bridgehead atoms. The molecule has 2 saturated carbocycles. The van der Waals surface area contributed by atoms with Gasteiger partial charge in [-0.3, -0.25) is 4.79 Å². The van der Waals surface area contributed by atoms with Crippen molar-refractivity contribution in [1.29, 1.82) is 0 Å². The van der Waals surface area contributed by atoms with Gasteiger partial charge in [-0.15, -0.1) is 0 Å². The van der Waals surface area contributed by atoms with Crippen LogP contribution in [-0.4, -0.2) is 12.0 Å². The summed E-state index contributed by atoms with van der Waals surface area (Å²) >= 11 is 0. The highest BCUT2D eigenvalue weighted by Crippen LogP contribution is 2.38. The number of ether oxygens (including phenoxy) is 1. The number of nitrogens with one attached hydrogen (secondary N) is 1. The van der Waals surface area contributed by atoms with Crippen LogP contribution in [0.25, 0.3) is 0 Å². The van der Waals surface area contributed by atoms with Crippen molar-refractivity contribution >= 4 is 11.6 Å². The van der Waals surface area contributed by atoms with Crippen LogP contribution in [0.4, 0.5) is 5.69 Å². The summed E-state index contributed by atoms with van der Waals surface area (Å²) in [7, 11) is 0. The number of hydrogen-bond donors (Lipinski definition) is 1. The molecule has 3 nitrogen and oxygen atoms in total. The highest BCUT2D eigenvalue weighted by Gasteiger charge is 2.39. The van der Waals surface area contributed by atoms with E-state index in [1.54, 1.807) is 0 Å². The SMILES string of the molecule is C[C@@H]1C[C@@H]1C(=O)Nc1ccc(OC2CCCC2)cc1. The quantitative estimate of drug-likeness (QED) is 0.897. The van der Waals surface area contributed by atoms with Crippen molar-refractivity contribution in [3.8, 4) is 5.75 Å². The average molecular weight is 259 g/mol. The molecule has 0 saturated heterocycles. The molecule has 3 heteroatoms. The lowest BCUT2D eigenvalue weighted by Crippen LogP contribution is -2.14. The van der Waals surface area contributed by atoms with Gasteiger partial charge in [0.05, 0.1) is 6.10 Å². The molecule has 1 N–H and O–H groups in total. The fourth-order valence-electron chi connectivity index (χ4n) is 2.74. The Balaban J connectivity index is 1.54. The zero-order valence-electron chi connectivity index (χ0n) is 11.4. The van der Waals surface area contributed by atoms with Gasteiger partial charge in [0.25, 0.3) is 0 Å². The summed E-state index contributed by atoms with van der Waals surface area (Å²) in [4.78, 5) is 11.8. The Hall–Kier alpha value is -1.51. The lowest BCUT2D eigenvalue weighted by atomic mass is 10.2. The number of carbonyl (C=O) groups is 1. The molecule has 1 aromatic rings. The maximum atomic E-state index is 11.8. The minimum atomic E-state index is 0.150. The Morgan fingerprint density at radius 3 is 2.42 bits per heavy atom. The normalized spacial score (nSPS) is 26.2. The molecule has 2 atom stereocenters. The Morgan fingerprint density at radius 1 is 1.21 bits per heavy atom. The molecule has 0 spiro atoms. The number of benzene rings is 1.